The van der Waals surface area contributed by atoms with E-state index >= 15 is 0 Å². The van der Waals surface area contributed by atoms with Crippen LogP contribution in [0.1, 0.15) is 16.1 Å². The van der Waals surface area contributed by atoms with Crippen LogP contribution in [0.15, 0.2) is 34.8 Å². The van der Waals surface area contributed by atoms with Crippen molar-refractivity contribution in [3.8, 4) is 5.88 Å². The molecular weight excluding hydrogens is 307 g/mol. The second-order valence-electron chi connectivity index (χ2n) is 3.90. The van der Waals surface area contributed by atoms with E-state index in [-0.39, 0.29) is 23.9 Å². The smallest absolute Gasteiger partial charge is 0.433 e. The zero-order chi connectivity index (χ0) is 15.5. The van der Waals surface area contributed by atoms with Gasteiger partial charge in [-0.25, -0.2) is 4.98 Å². The largest absolute Gasteiger partial charge is 0.471 e. The van der Waals surface area contributed by atoms with E-state index in [1.165, 1.54) is 11.3 Å². The normalized spacial score (nSPS) is 12.4. The average Bonchev–Trinajstić information content (AvgIpc) is 2.96. The molecular formula is C12H10F3N3O2S. The van der Waals surface area contributed by atoms with Crippen molar-refractivity contribution in [2.24, 2.45) is 10.9 Å². The Labute approximate surface area is 121 Å². The fourth-order valence-electron chi connectivity index (χ4n) is 1.49. The Balaban J connectivity index is 2.33. The Kier molecular flexibility index (Phi) is 4.32. The zero-order valence-electron chi connectivity index (χ0n) is 10.5. The molecule has 0 saturated carbocycles. The van der Waals surface area contributed by atoms with Crippen molar-refractivity contribution in [2.75, 3.05) is 0 Å². The molecule has 0 radical (unpaired) electrons. The molecule has 3 N–H and O–H groups in total. The van der Waals surface area contributed by atoms with Gasteiger partial charge in [0, 0.05) is 4.88 Å². The summed E-state index contributed by atoms with van der Waals surface area (Å²) in [6, 6.07) is 5.34. The van der Waals surface area contributed by atoms with Crippen molar-refractivity contribution in [1.29, 1.82) is 0 Å². The monoisotopic (exact) mass is 317 g/mol. The number of aromatic nitrogens is 1. The number of thiophene rings is 1. The van der Waals surface area contributed by atoms with Gasteiger partial charge in [0.25, 0.3) is 0 Å². The Morgan fingerprint density at radius 3 is 2.71 bits per heavy atom. The molecule has 5 nitrogen and oxygen atoms in total. The van der Waals surface area contributed by atoms with E-state index in [4.69, 9.17) is 15.7 Å². The topological polar surface area (TPSA) is 80.7 Å². The van der Waals surface area contributed by atoms with Crippen LogP contribution in [0.25, 0.3) is 0 Å². The number of oxime groups is 1. The average molecular weight is 317 g/mol. The standard InChI is InChI=1S/C12H10F3N3O2S/c13-12(14,15)9-4-3-8(10(16)18-19)11(17-9)20-6-7-2-1-5-21-7/h1-5,19H,6H2,(H2,16,18). The molecule has 2 aromatic rings. The first-order chi connectivity index (χ1) is 9.91. The predicted octanol–water partition coefficient (Wildman–Crippen LogP) is 2.84. The van der Waals surface area contributed by atoms with Gasteiger partial charge in [-0.3, -0.25) is 0 Å². The van der Waals surface area contributed by atoms with Crippen molar-refractivity contribution in [2.45, 2.75) is 12.8 Å². The number of halogens is 3. The minimum absolute atomic E-state index is 0.0120. The van der Waals surface area contributed by atoms with Gasteiger partial charge in [-0.05, 0) is 23.6 Å². The van der Waals surface area contributed by atoms with Crippen LogP contribution in [-0.2, 0) is 12.8 Å². The SMILES string of the molecule is NC(=NO)c1ccc(C(F)(F)F)nc1OCc1cccs1. The number of ether oxygens (including phenoxy) is 1. The van der Waals surface area contributed by atoms with Crippen molar-refractivity contribution in [3.05, 3.63) is 45.8 Å². The molecule has 2 heterocycles. The molecule has 0 amide bonds. The van der Waals surface area contributed by atoms with Crippen LogP contribution in [0, 0.1) is 0 Å². The maximum atomic E-state index is 12.7. The van der Waals surface area contributed by atoms with E-state index in [0.717, 1.165) is 17.0 Å². The van der Waals surface area contributed by atoms with Crippen LogP contribution in [0.4, 0.5) is 13.2 Å². The van der Waals surface area contributed by atoms with Crippen molar-refractivity contribution < 1.29 is 23.1 Å². The van der Waals surface area contributed by atoms with Crippen LogP contribution in [-0.4, -0.2) is 16.0 Å². The van der Waals surface area contributed by atoms with Gasteiger partial charge >= 0.3 is 6.18 Å². The highest BCUT2D eigenvalue weighted by molar-refractivity contribution is 7.09. The zero-order valence-corrected chi connectivity index (χ0v) is 11.3. The van der Waals surface area contributed by atoms with Gasteiger partial charge in [0.1, 0.15) is 12.3 Å². The quantitative estimate of drug-likeness (QED) is 0.393. The minimum atomic E-state index is -4.61. The van der Waals surface area contributed by atoms with Gasteiger partial charge in [0.05, 0.1) is 5.56 Å². The maximum absolute atomic E-state index is 12.7. The summed E-state index contributed by atoms with van der Waals surface area (Å²) >= 11 is 1.39. The number of hydrogen-bond donors (Lipinski definition) is 2. The van der Waals surface area contributed by atoms with E-state index in [0.29, 0.717) is 0 Å². The van der Waals surface area contributed by atoms with E-state index in [1.807, 2.05) is 5.38 Å². The number of rotatable bonds is 4. The molecule has 0 aliphatic carbocycles. The Hall–Kier alpha value is -2.29. The molecule has 0 saturated heterocycles. The van der Waals surface area contributed by atoms with Crippen LogP contribution in [0.5, 0.6) is 5.88 Å². The number of amidine groups is 1. The highest BCUT2D eigenvalue weighted by atomic mass is 32.1. The molecule has 0 aliphatic rings. The Morgan fingerprint density at radius 2 is 2.14 bits per heavy atom. The van der Waals surface area contributed by atoms with E-state index in [2.05, 4.69) is 10.1 Å². The van der Waals surface area contributed by atoms with Gasteiger partial charge in [-0.2, -0.15) is 13.2 Å². The maximum Gasteiger partial charge on any atom is 0.433 e. The molecule has 112 valence electrons. The molecule has 0 aliphatic heterocycles. The summed E-state index contributed by atoms with van der Waals surface area (Å²) in [6.45, 7) is 0.0394. The second kappa shape index (κ2) is 6.00. The summed E-state index contributed by atoms with van der Waals surface area (Å²) in [5, 5.41) is 13.2. The number of alkyl halides is 3. The molecule has 0 spiro atoms. The lowest BCUT2D eigenvalue weighted by atomic mass is 10.2. The molecule has 21 heavy (non-hydrogen) atoms. The molecule has 9 heteroatoms. The van der Waals surface area contributed by atoms with Crippen LogP contribution < -0.4 is 10.5 Å². The van der Waals surface area contributed by atoms with E-state index < -0.39 is 11.9 Å². The van der Waals surface area contributed by atoms with Gasteiger partial charge in [0.15, 0.2) is 5.84 Å². The third kappa shape index (κ3) is 3.63. The molecule has 0 bridgehead atoms. The number of pyridine rings is 1. The third-order valence-electron chi connectivity index (χ3n) is 2.47. The first-order valence-electron chi connectivity index (χ1n) is 5.63. The van der Waals surface area contributed by atoms with Crippen molar-refractivity contribution in [1.82, 2.24) is 4.98 Å². The lowest BCUT2D eigenvalue weighted by molar-refractivity contribution is -0.141. The van der Waals surface area contributed by atoms with E-state index in [9.17, 15) is 13.2 Å². The van der Waals surface area contributed by atoms with Gasteiger partial charge in [-0.1, -0.05) is 11.2 Å². The fraction of sp³-hybridized carbons (Fsp3) is 0.167. The highest BCUT2D eigenvalue weighted by Gasteiger charge is 2.33. The summed E-state index contributed by atoms with van der Waals surface area (Å²) in [4.78, 5) is 4.20. The molecule has 0 fully saturated rings. The lowest BCUT2D eigenvalue weighted by Gasteiger charge is -2.12. The molecule has 0 unspecified atom stereocenters. The van der Waals surface area contributed by atoms with Crippen LogP contribution >= 0.6 is 11.3 Å². The number of nitrogens with zero attached hydrogens (tertiary/aromatic N) is 2. The van der Waals surface area contributed by atoms with Gasteiger partial charge in [-0.15, -0.1) is 11.3 Å². The van der Waals surface area contributed by atoms with Crippen LogP contribution in [0.2, 0.25) is 0 Å². The lowest BCUT2D eigenvalue weighted by Crippen LogP contribution is -2.18. The molecule has 0 aromatic carbocycles. The number of nitrogens with two attached hydrogens (primary N) is 1. The van der Waals surface area contributed by atoms with Crippen molar-refractivity contribution >= 4 is 17.2 Å². The Bertz CT molecular complexity index is 642. The molecule has 2 aromatic heterocycles. The first-order valence-corrected chi connectivity index (χ1v) is 6.51. The Morgan fingerprint density at radius 1 is 1.38 bits per heavy atom. The molecule has 0 atom stereocenters. The minimum Gasteiger partial charge on any atom is -0.471 e. The fourth-order valence-corrected chi connectivity index (χ4v) is 2.11. The summed E-state index contributed by atoms with van der Waals surface area (Å²) < 4.78 is 43.3. The third-order valence-corrected chi connectivity index (χ3v) is 3.32. The van der Waals surface area contributed by atoms with Gasteiger partial charge < -0.3 is 15.7 Å². The summed E-state index contributed by atoms with van der Waals surface area (Å²) in [6.07, 6.45) is -4.61. The summed E-state index contributed by atoms with van der Waals surface area (Å²) in [5.41, 5.74) is 4.28. The summed E-state index contributed by atoms with van der Waals surface area (Å²) in [5.74, 6) is -0.717. The van der Waals surface area contributed by atoms with Crippen molar-refractivity contribution in [3.63, 3.8) is 0 Å². The molecule has 2 rings (SSSR count). The number of hydrogen-bond acceptors (Lipinski definition) is 5. The summed E-state index contributed by atoms with van der Waals surface area (Å²) in [7, 11) is 0. The first kappa shape index (κ1) is 15.1. The van der Waals surface area contributed by atoms with Gasteiger partial charge in [0.2, 0.25) is 5.88 Å². The van der Waals surface area contributed by atoms with E-state index in [1.54, 1.807) is 12.1 Å². The second-order valence-corrected chi connectivity index (χ2v) is 4.93. The highest BCUT2D eigenvalue weighted by Crippen LogP contribution is 2.30. The predicted molar refractivity (Wildman–Crippen MR) is 70.4 cm³/mol. The van der Waals surface area contributed by atoms with Crippen LogP contribution in [0.3, 0.4) is 0 Å².